The summed E-state index contributed by atoms with van der Waals surface area (Å²) in [5, 5.41) is 13.5. The molecule has 2 aromatic heterocycles. The zero-order valence-corrected chi connectivity index (χ0v) is 19.9. The zero-order valence-electron chi connectivity index (χ0n) is 19.1. The highest BCUT2D eigenvalue weighted by atomic mass is 32.2. The van der Waals surface area contributed by atoms with Gasteiger partial charge >= 0.3 is 0 Å². The van der Waals surface area contributed by atoms with E-state index in [9.17, 15) is 4.79 Å². The molecule has 2 aromatic carbocycles. The number of hydrogen-bond donors (Lipinski definition) is 1. The highest BCUT2D eigenvalue weighted by Crippen LogP contribution is 2.29. The van der Waals surface area contributed by atoms with Crippen LogP contribution in [0.15, 0.2) is 47.6 Å². The summed E-state index contributed by atoms with van der Waals surface area (Å²) < 4.78 is 7.40. The van der Waals surface area contributed by atoms with Crippen LogP contribution < -0.4 is 15.0 Å². The lowest BCUT2D eigenvalue weighted by Crippen LogP contribution is -2.19. The quantitative estimate of drug-likeness (QED) is 0.414. The molecule has 5 rings (SSSR count). The lowest BCUT2D eigenvalue weighted by molar-refractivity contribution is -0.113. The summed E-state index contributed by atoms with van der Waals surface area (Å²) in [6.07, 6.45) is 2.49. The van der Waals surface area contributed by atoms with Crippen LogP contribution in [0, 0.1) is 13.8 Å². The van der Waals surface area contributed by atoms with Gasteiger partial charge in [-0.25, -0.2) is 0 Å². The number of ether oxygens (including phenoxy) is 1. The van der Waals surface area contributed by atoms with Crippen LogP contribution in [0.4, 0.5) is 11.4 Å². The van der Waals surface area contributed by atoms with E-state index < -0.39 is 0 Å². The fourth-order valence-electron chi connectivity index (χ4n) is 4.50. The summed E-state index contributed by atoms with van der Waals surface area (Å²) in [6, 6.07) is 14.1. The van der Waals surface area contributed by atoms with E-state index >= 15 is 0 Å². The van der Waals surface area contributed by atoms with Crippen LogP contribution in [0.25, 0.3) is 16.6 Å². The number of aromatic nitrogens is 3. The van der Waals surface area contributed by atoms with Gasteiger partial charge in [-0.1, -0.05) is 11.8 Å². The lowest BCUT2D eigenvalue weighted by atomic mass is 10.1. The lowest BCUT2D eigenvalue weighted by Gasteiger charge is -2.20. The fourth-order valence-corrected chi connectivity index (χ4v) is 5.25. The van der Waals surface area contributed by atoms with Gasteiger partial charge in [0.05, 0.1) is 18.4 Å². The van der Waals surface area contributed by atoms with Gasteiger partial charge in [-0.05, 0) is 74.2 Å². The van der Waals surface area contributed by atoms with Gasteiger partial charge in [0.2, 0.25) is 5.91 Å². The molecule has 8 heteroatoms. The smallest absolute Gasteiger partial charge is 0.234 e. The molecule has 0 unspecified atom stereocenters. The predicted octanol–water partition coefficient (Wildman–Crippen LogP) is 4.84. The second-order valence-electron chi connectivity index (χ2n) is 8.42. The summed E-state index contributed by atoms with van der Waals surface area (Å²) >= 11 is 1.37. The monoisotopic (exact) mass is 461 g/mol. The van der Waals surface area contributed by atoms with Crippen LogP contribution in [0.3, 0.4) is 0 Å². The zero-order chi connectivity index (χ0) is 22.9. The van der Waals surface area contributed by atoms with E-state index in [1.165, 1.54) is 35.9 Å². The molecule has 1 aliphatic heterocycles. The molecule has 4 aromatic rings. The molecular weight excluding hydrogens is 434 g/mol. The maximum Gasteiger partial charge on any atom is 0.234 e. The van der Waals surface area contributed by atoms with Crippen molar-refractivity contribution in [3.8, 4) is 5.75 Å². The Bertz CT molecular complexity index is 1340. The van der Waals surface area contributed by atoms with E-state index in [1.807, 2.05) is 40.8 Å². The minimum atomic E-state index is -0.0703. The van der Waals surface area contributed by atoms with Crippen molar-refractivity contribution in [2.45, 2.75) is 31.8 Å². The van der Waals surface area contributed by atoms with Gasteiger partial charge < -0.3 is 15.0 Å². The average Bonchev–Trinajstić information content (AvgIpc) is 3.48. The third-order valence-electron chi connectivity index (χ3n) is 6.13. The number of methoxy groups -OCH3 is 1. The number of rotatable bonds is 6. The highest BCUT2D eigenvalue weighted by Gasteiger charge is 2.16. The summed E-state index contributed by atoms with van der Waals surface area (Å²) in [7, 11) is 1.65. The normalized spacial score (nSPS) is 13.7. The number of pyridine rings is 1. The molecule has 0 aliphatic carbocycles. The Balaban J connectivity index is 1.33. The molecule has 0 atom stereocenters. The SMILES string of the molecule is COc1ccc2c(C)cc3nnc(SCC(=O)Nc4ccc(N5CCCC5)c(C)c4)n3c2c1. The number of benzene rings is 2. The second-order valence-corrected chi connectivity index (χ2v) is 9.36. The van der Waals surface area contributed by atoms with E-state index in [0.29, 0.717) is 5.16 Å². The van der Waals surface area contributed by atoms with E-state index in [1.54, 1.807) is 7.11 Å². The molecule has 3 heterocycles. The van der Waals surface area contributed by atoms with Crippen molar-refractivity contribution in [3.05, 3.63) is 53.6 Å². The van der Waals surface area contributed by atoms with E-state index in [0.717, 1.165) is 46.6 Å². The average molecular weight is 462 g/mol. The molecule has 0 radical (unpaired) electrons. The second kappa shape index (κ2) is 8.94. The van der Waals surface area contributed by atoms with Gasteiger partial charge in [-0.15, -0.1) is 10.2 Å². The number of amides is 1. The number of anilines is 2. The Hall–Kier alpha value is -3.26. The molecule has 1 aliphatic rings. The largest absolute Gasteiger partial charge is 0.497 e. The summed E-state index contributed by atoms with van der Waals surface area (Å²) in [5.74, 6) is 0.941. The topological polar surface area (TPSA) is 71.8 Å². The maximum atomic E-state index is 12.7. The third-order valence-corrected chi connectivity index (χ3v) is 7.06. The number of fused-ring (bicyclic) bond motifs is 3. The van der Waals surface area contributed by atoms with Crippen molar-refractivity contribution in [1.29, 1.82) is 0 Å². The molecular formula is C25H27N5O2S. The number of thioether (sulfide) groups is 1. The van der Waals surface area contributed by atoms with Crippen LogP contribution in [0.2, 0.25) is 0 Å². The molecule has 7 nitrogen and oxygen atoms in total. The molecule has 1 N–H and O–H groups in total. The van der Waals surface area contributed by atoms with Crippen molar-refractivity contribution >= 4 is 45.6 Å². The Morgan fingerprint density at radius 2 is 1.88 bits per heavy atom. The van der Waals surface area contributed by atoms with Gasteiger partial charge in [0.25, 0.3) is 0 Å². The predicted molar refractivity (Wildman–Crippen MR) is 134 cm³/mol. The fraction of sp³-hybridized carbons (Fsp3) is 0.320. The van der Waals surface area contributed by atoms with Crippen LogP contribution in [-0.2, 0) is 4.79 Å². The van der Waals surface area contributed by atoms with Crippen LogP contribution in [0.5, 0.6) is 5.75 Å². The van der Waals surface area contributed by atoms with E-state index in [4.69, 9.17) is 4.74 Å². The number of hydrogen-bond acceptors (Lipinski definition) is 6. The Kier molecular flexibility index (Phi) is 5.85. The first-order valence-electron chi connectivity index (χ1n) is 11.1. The van der Waals surface area contributed by atoms with Gasteiger partial charge in [-0.3, -0.25) is 9.20 Å². The van der Waals surface area contributed by atoms with Gasteiger partial charge in [0.15, 0.2) is 10.8 Å². The molecule has 1 saturated heterocycles. The van der Waals surface area contributed by atoms with Gasteiger partial charge in [0, 0.05) is 35.9 Å². The van der Waals surface area contributed by atoms with Crippen molar-refractivity contribution in [2.75, 3.05) is 36.2 Å². The minimum absolute atomic E-state index is 0.0703. The minimum Gasteiger partial charge on any atom is -0.497 e. The molecule has 33 heavy (non-hydrogen) atoms. The van der Waals surface area contributed by atoms with Crippen molar-refractivity contribution in [1.82, 2.24) is 14.6 Å². The Labute approximate surface area is 197 Å². The highest BCUT2D eigenvalue weighted by molar-refractivity contribution is 7.99. The van der Waals surface area contributed by atoms with Crippen molar-refractivity contribution in [3.63, 3.8) is 0 Å². The number of carbonyl (C=O) groups excluding carboxylic acids is 1. The van der Waals surface area contributed by atoms with Crippen LogP contribution in [0.1, 0.15) is 24.0 Å². The number of aryl methyl sites for hydroxylation is 2. The number of carbonyl (C=O) groups is 1. The standard InChI is InChI=1S/C25H27N5O2S/c1-16-13-23-27-28-25(30(23)22-14-19(32-3)7-8-20(16)22)33-15-24(31)26-18-6-9-21(17(2)12-18)29-10-4-5-11-29/h6-9,12-14H,4-5,10-11,15H2,1-3H3,(H,26,31). The summed E-state index contributed by atoms with van der Waals surface area (Å²) in [5.41, 5.74) is 6.09. The summed E-state index contributed by atoms with van der Waals surface area (Å²) in [6.45, 7) is 6.37. The number of nitrogens with zero attached hydrogens (tertiary/aromatic N) is 4. The van der Waals surface area contributed by atoms with Crippen LogP contribution in [-0.4, -0.2) is 46.5 Å². The first kappa shape index (κ1) is 21.6. The van der Waals surface area contributed by atoms with E-state index in [-0.39, 0.29) is 11.7 Å². The van der Waals surface area contributed by atoms with Gasteiger partial charge in [-0.2, -0.15) is 0 Å². The van der Waals surface area contributed by atoms with Crippen molar-refractivity contribution in [2.24, 2.45) is 0 Å². The number of nitrogens with one attached hydrogen (secondary N) is 1. The third kappa shape index (κ3) is 4.23. The molecule has 1 amide bonds. The Morgan fingerprint density at radius 3 is 2.64 bits per heavy atom. The molecule has 0 saturated carbocycles. The molecule has 0 bridgehead atoms. The molecule has 1 fully saturated rings. The van der Waals surface area contributed by atoms with Crippen LogP contribution >= 0.6 is 11.8 Å². The molecule has 0 spiro atoms. The van der Waals surface area contributed by atoms with Crippen molar-refractivity contribution < 1.29 is 9.53 Å². The van der Waals surface area contributed by atoms with E-state index in [2.05, 4.69) is 40.3 Å². The summed E-state index contributed by atoms with van der Waals surface area (Å²) in [4.78, 5) is 15.1. The maximum absolute atomic E-state index is 12.7. The first-order chi connectivity index (χ1) is 16.0. The first-order valence-corrected chi connectivity index (χ1v) is 12.1. The van der Waals surface area contributed by atoms with Gasteiger partial charge in [0.1, 0.15) is 5.75 Å². The molecule has 170 valence electrons. The Morgan fingerprint density at radius 1 is 1.06 bits per heavy atom.